The molecule has 0 saturated heterocycles. The molecule has 4 nitrogen and oxygen atoms in total. The van der Waals surface area contributed by atoms with Crippen molar-refractivity contribution < 1.29 is 4.74 Å². The lowest BCUT2D eigenvalue weighted by Crippen LogP contribution is -2.10. The van der Waals surface area contributed by atoms with Gasteiger partial charge in [0.1, 0.15) is 17.9 Å². The van der Waals surface area contributed by atoms with Crippen molar-refractivity contribution in [3.63, 3.8) is 0 Å². The number of aryl methyl sites for hydroxylation is 1. The lowest BCUT2D eigenvalue weighted by atomic mass is 9.94. The van der Waals surface area contributed by atoms with E-state index in [0.29, 0.717) is 11.1 Å². The van der Waals surface area contributed by atoms with Crippen molar-refractivity contribution in [1.82, 2.24) is 0 Å². The predicted molar refractivity (Wildman–Crippen MR) is 172 cm³/mol. The van der Waals surface area contributed by atoms with Crippen LogP contribution in [0, 0.1) is 29.6 Å². The molecular formula is C38H27N3O. The number of anilines is 3. The van der Waals surface area contributed by atoms with Gasteiger partial charge in [0.25, 0.3) is 0 Å². The minimum Gasteiger partial charge on any atom is -0.497 e. The summed E-state index contributed by atoms with van der Waals surface area (Å²) in [6.45, 7) is 1.91. The fourth-order valence-corrected chi connectivity index (χ4v) is 5.43. The van der Waals surface area contributed by atoms with Gasteiger partial charge >= 0.3 is 0 Å². The van der Waals surface area contributed by atoms with Crippen molar-refractivity contribution >= 4 is 50.8 Å². The van der Waals surface area contributed by atoms with E-state index in [1.807, 2.05) is 55.5 Å². The normalized spacial score (nSPS) is 11.0. The predicted octanol–water partition coefficient (Wildman–Crippen LogP) is 9.69. The van der Waals surface area contributed by atoms with E-state index < -0.39 is 0 Å². The van der Waals surface area contributed by atoms with E-state index in [1.165, 1.54) is 5.39 Å². The number of hydrogen-bond acceptors (Lipinski definition) is 4. The maximum atomic E-state index is 9.99. The Morgan fingerprint density at radius 2 is 1.26 bits per heavy atom. The van der Waals surface area contributed by atoms with Crippen molar-refractivity contribution in [3.05, 3.63) is 143 Å². The fourth-order valence-electron chi connectivity index (χ4n) is 5.43. The number of benzene rings is 6. The molecule has 6 aromatic carbocycles. The molecule has 4 heteroatoms. The average molecular weight is 542 g/mol. The van der Waals surface area contributed by atoms with Gasteiger partial charge < -0.3 is 9.64 Å². The molecule has 0 spiro atoms. The average Bonchev–Trinajstić information content (AvgIpc) is 3.04. The van der Waals surface area contributed by atoms with Gasteiger partial charge in [0.15, 0.2) is 0 Å². The van der Waals surface area contributed by atoms with Gasteiger partial charge in [-0.25, -0.2) is 0 Å². The quantitative estimate of drug-likeness (QED) is 0.197. The van der Waals surface area contributed by atoms with Crippen LogP contribution in [0.5, 0.6) is 5.75 Å². The van der Waals surface area contributed by atoms with Gasteiger partial charge in [-0.05, 0) is 71.5 Å². The molecule has 0 aromatic heterocycles. The molecule has 0 N–H and O–H groups in total. The number of methoxy groups -OCH3 is 1. The Labute approximate surface area is 245 Å². The van der Waals surface area contributed by atoms with Crippen molar-refractivity contribution in [2.75, 3.05) is 12.0 Å². The first kappa shape index (κ1) is 26.4. The van der Waals surface area contributed by atoms with Gasteiger partial charge in [-0.2, -0.15) is 10.5 Å². The summed E-state index contributed by atoms with van der Waals surface area (Å²) < 4.78 is 5.41. The summed E-state index contributed by atoms with van der Waals surface area (Å²) in [7, 11) is 1.67. The second-order valence-electron chi connectivity index (χ2n) is 10.1. The molecule has 0 fully saturated rings. The van der Waals surface area contributed by atoms with Crippen LogP contribution in [0.15, 0.2) is 115 Å². The second-order valence-corrected chi connectivity index (χ2v) is 10.1. The van der Waals surface area contributed by atoms with Crippen LogP contribution in [0.3, 0.4) is 0 Å². The molecular weight excluding hydrogens is 514 g/mol. The number of hydrogen-bond donors (Lipinski definition) is 0. The summed E-state index contributed by atoms with van der Waals surface area (Å²) in [6.07, 6.45) is 3.98. The Kier molecular flexibility index (Phi) is 7.12. The van der Waals surface area contributed by atoms with Crippen molar-refractivity contribution in [1.29, 1.82) is 10.5 Å². The van der Waals surface area contributed by atoms with Gasteiger partial charge in [-0.15, -0.1) is 0 Å². The zero-order valence-electron chi connectivity index (χ0n) is 23.4. The minimum absolute atomic E-state index is 0.568. The van der Waals surface area contributed by atoms with E-state index in [-0.39, 0.29) is 0 Å². The van der Waals surface area contributed by atoms with Crippen LogP contribution in [0.2, 0.25) is 0 Å². The summed E-state index contributed by atoms with van der Waals surface area (Å²) in [4.78, 5) is 2.25. The summed E-state index contributed by atoms with van der Waals surface area (Å²) in [5, 5.41) is 23.6. The molecule has 6 rings (SSSR count). The molecule has 0 heterocycles. The molecule has 0 amide bonds. The molecule has 200 valence electrons. The molecule has 0 atom stereocenters. The number of ether oxygens (including phenoxy) is 1. The lowest BCUT2D eigenvalue weighted by molar-refractivity contribution is 0.415. The highest BCUT2D eigenvalue weighted by molar-refractivity contribution is 5.99. The first-order valence-corrected chi connectivity index (χ1v) is 13.7. The first-order valence-electron chi connectivity index (χ1n) is 13.7. The van der Waals surface area contributed by atoms with E-state index in [1.54, 1.807) is 7.11 Å². The van der Waals surface area contributed by atoms with E-state index in [9.17, 15) is 10.5 Å². The highest BCUT2D eigenvalue weighted by Crippen LogP contribution is 2.39. The van der Waals surface area contributed by atoms with E-state index >= 15 is 0 Å². The Bertz CT molecular complexity index is 2040. The van der Waals surface area contributed by atoms with Crippen LogP contribution in [0.1, 0.15) is 27.8 Å². The Balaban J connectivity index is 1.38. The van der Waals surface area contributed by atoms with Gasteiger partial charge in [0.2, 0.25) is 0 Å². The number of nitrogens with zero attached hydrogens (tertiary/aromatic N) is 3. The largest absolute Gasteiger partial charge is 0.497 e. The third-order valence-corrected chi connectivity index (χ3v) is 7.61. The topological polar surface area (TPSA) is 60.0 Å². The minimum atomic E-state index is 0.568. The van der Waals surface area contributed by atoms with Crippen LogP contribution >= 0.6 is 0 Å². The second kappa shape index (κ2) is 11.3. The third-order valence-electron chi connectivity index (χ3n) is 7.61. The number of nitriles is 2. The molecule has 0 unspecified atom stereocenters. The lowest BCUT2D eigenvalue weighted by Gasteiger charge is -2.27. The maximum absolute atomic E-state index is 9.99. The van der Waals surface area contributed by atoms with Gasteiger partial charge in [-0.3, -0.25) is 0 Å². The Morgan fingerprint density at radius 3 is 1.98 bits per heavy atom. The third kappa shape index (κ3) is 4.83. The van der Waals surface area contributed by atoms with Gasteiger partial charge in [-0.1, -0.05) is 84.9 Å². The van der Waals surface area contributed by atoms with E-state index in [4.69, 9.17) is 4.74 Å². The zero-order chi connectivity index (χ0) is 29.1. The van der Waals surface area contributed by atoms with Crippen LogP contribution in [-0.4, -0.2) is 7.11 Å². The molecule has 0 aliphatic carbocycles. The fraction of sp³-hybridized carbons (Fsp3) is 0.0526. The molecule has 0 aliphatic heterocycles. The monoisotopic (exact) mass is 541 g/mol. The summed E-state index contributed by atoms with van der Waals surface area (Å²) in [5.74, 6) is 0.807. The van der Waals surface area contributed by atoms with Crippen molar-refractivity contribution in [2.24, 2.45) is 0 Å². The van der Waals surface area contributed by atoms with Crippen LogP contribution in [0.4, 0.5) is 17.1 Å². The first-order chi connectivity index (χ1) is 20.6. The Morgan fingerprint density at radius 1 is 0.619 bits per heavy atom. The van der Waals surface area contributed by atoms with Crippen LogP contribution in [-0.2, 0) is 0 Å². The molecule has 0 radical (unpaired) electrons. The number of fused-ring (bicyclic) bond motifs is 2. The van der Waals surface area contributed by atoms with E-state index in [0.717, 1.165) is 55.7 Å². The highest BCUT2D eigenvalue weighted by Gasteiger charge is 2.15. The SMILES string of the molecule is COc1ccc(N(c2ccc(C=Cc3ccc4c(C#N)c(C)ccc4c3C#N)cc2)c2cccc3ccccc23)cc1. The molecule has 0 bridgehead atoms. The summed E-state index contributed by atoms with van der Waals surface area (Å²) in [5.41, 5.74) is 7.05. The standard InChI is InChI=1S/C38H27N3O/c1-26-10-22-35-34(36(26)24-39)23-15-29(37(35)25-40)14-11-27-12-16-30(17-13-27)41(31-18-20-32(42-2)21-19-31)38-9-5-7-28-6-3-4-8-33(28)38/h3-23H,1-2H3. The van der Waals surface area contributed by atoms with Crippen molar-refractivity contribution in [3.8, 4) is 17.9 Å². The van der Waals surface area contributed by atoms with Gasteiger partial charge in [0, 0.05) is 27.5 Å². The van der Waals surface area contributed by atoms with E-state index in [2.05, 4.69) is 95.9 Å². The molecule has 0 saturated carbocycles. The van der Waals surface area contributed by atoms with Crippen LogP contribution < -0.4 is 9.64 Å². The van der Waals surface area contributed by atoms with Crippen LogP contribution in [0.25, 0.3) is 33.7 Å². The highest BCUT2D eigenvalue weighted by atomic mass is 16.5. The smallest absolute Gasteiger partial charge is 0.119 e. The number of rotatable bonds is 6. The maximum Gasteiger partial charge on any atom is 0.119 e. The zero-order valence-corrected chi connectivity index (χ0v) is 23.4. The molecule has 42 heavy (non-hydrogen) atoms. The summed E-state index contributed by atoms with van der Waals surface area (Å²) >= 11 is 0. The molecule has 6 aromatic rings. The van der Waals surface area contributed by atoms with Gasteiger partial charge in [0.05, 0.1) is 23.9 Å². The van der Waals surface area contributed by atoms with Crippen molar-refractivity contribution in [2.45, 2.75) is 6.92 Å². The molecule has 0 aliphatic rings. The summed E-state index contributed by atoms with van der Waals surface area (Å²) in [6, 6.07) is 43.5. The Hall–Kier alpha value is -5.84.